The Morgan fingerprint density at radius 1 is 0.344 bits per heavy atom. The zero-order valence-electron chi connectivity index (χ0n) is 60.4. The molecule has 1 rings (SSSR count). The van der Waals surface area contributed by atoms with E-state index in [1.165, 1.54) is 0 Å². The summed E-state index contributed by atoms with van der Waals surface area (Å²) in [6.07, 6.45) is 23.3. The van der Waals surface area contributed by atoms with E-state index in [1.54, 1.807) is 0 Å². The largest absolute Gasteiger partial charge is 0.465 e. The predicted octanol–water partition coefficient (Wildman–Crippen LogP) is 13.2. The Morgan fingerprint density at radius 3 is 0.957 bits per heavy atom. The number of carbonyl (C=O) groups is 5. The second-order valence-electron chi connectivity index (χ2n) is 26.7. The van der Waals surface area contributed by atoms with Crippen LogP contribution >= 0.6 is 21.6 Å². The lowest BCUT2D eigenvalue weighted by molar-refractivity contribution is -0.146. The number of unbranched alkanes of at least 4 members (excludes halogenated alkanes) is 10. The second-order valence-corrected chi connectivity index (χ2v) is 29.4. The molecule has 18 nitrogen and oxygen atoms in total. The standard InChI is InChI=1S/C73H140N4O14S2/c1-9-61(10-2)57-88-70(83)37-23-19-17-21-33-65(78)53-76(54-66(79)34-22-18-20-24-38-71(84)89-58-62(11-3)12-4)42-30-29-41-69(82)87-50-48-74-44-46-75(47-45-74)49-52-93-92-51-32-31-43-77(55-67(80)35-25-27-39-72(85)90-59-63(13-5)14-6)56-68(81)36-26-28-40-73(86)91-60-64(15-7)16-8/h61-68,78-81H,9-60H2,1-8H3. The summed E-state index contributed by atoms with van der Waals surface area (Å²) in [5, 5.41) is 44.3. The molecule has 0 amide bonds. The number of aliphatic hydroxyl groups is 4. The van der Waals surface area contributed by atoms with E-state index < -0.39 is 24.4 Å². The predicted molar refractivity (Wildman–Crippen MR) is 381 cm³/mol. The van der Waals surface area contributed by atoms with Gasteiger partial charge in [0.25, 0.3) is 0 Å². The molecule has 20 heteroatoms. The van der Waals surface area contributed by atoms with Gasteiger partial charge in [0, 0.05) is 109 Å². The molecule has 1 aliphatic heterocycles. The minimum atomic E-state index is -0.553. The Morgan fingerprint density at radius 2 is 0.613 bits per heavy atom. The maximum Gasteiger partial charge on any atom is 0.305 e. The van der Waals surface area contributed by atoms with E-state index in [4.69, 9.17) is 23.7 Å². The van der Waals surface area contributed by atoms with E-state index in [-0.39, 0.29) is 29.8 Å². The first kappa shape index (κ1) is 88.7. The molecule has 0 aliphatic carbocycles. The average molecular weight is 1360 g/mol. The summed E-state index contributed by atoms with van der Waals surface area (Å²) in [6.45, 7) is 28.1. The van der Waals surface area contributed by atoms with Crippen LogP contribution < -0.4 is 0 Å². The SMILES string of the molecule is CCC(CC)COC(=O)CCCCCCC(O)CN(CCCCC(=O)OCCN1CCN(CCSSCCCCN(CC(O)CCCCC(=O)OCC(CC)CC)CC(O)CCCCC(=O)OCC(CC)CC)CC1)CC(O)CCCCCCC(=O)OCC(CC)CC. The molecule has 4 unspecified atom stereocenters. The zero-order valence-corrected chi connectivity index (χ0v) is 62.0. The van der Waals surface area contributed by atoms with Gasteiger partial charge in [-0.25, -0.2) is 0 Å². The summed E-state index contributed by atoms with van der Waals surface area (Å²) in [4.78, 5) is 71.1. The maximum absolute atomic E-state index is 12.9. The number of nitrogens with zero attached hydrogens (tertiary/aromatic N) is 4. The van der Waals surface area contributed by atoms with E-state index in [1.807, 2.05) is 21.6 Å². The first-order chi connectivity index (χ1) is 45.0. The van der Waals surface area contributed by atoms with Gasteiger partial charge in [0.2, 0.25) is 0 Å². The third-order valence-corrected chi connectivity index (χ3v) is 21.3. The van der Waals surface area contributed by atoms with Crippen LogP contribution in [0.5, 0.6) is 0 Å². The minimum absolute atomic E-state index is 0.127. The van der Waals surface area contributed by atoms with Gasteiger partial charge in [-0.3, -0.25) is 43.6 Å². The molecule has 4 N–H and O–H groups in total. The van der Waals surface area contributed by atoms with Crippen LogP contribution in [0.2, 0.25) is 0 Å². The summed E-state index contributed by atoms with van der Waals surface area (Å²) in [7, 11) is 3.81. The number of hydrogen-bond acceptors (Lipinski definition) is 20. The van der Waals surface area contributed by atoms with Gasteiger partial charge < -0.3 is 44.1 Å². The first-order valence-corrected chi connectivity index (χ1v) is 40.1. The van der Waals surface area contributed by atoms with Gasteiger partial charge in [0.05, 0.1) is 50.8 Å². The van der Waals surface area contributed by atoms with Gasteiger partial charge in [-0.05, 0) is 114 Å². The molecule has 548 valence electrons. The fraction of sp³-hybridized carbons (Fsp3) is 0.932. The van der Waals surface area contributed by atoms with Gasteiger partial charge >= 0.3 is 29.8 Å². The van der Waals surface area contributed by atoms with E-state index in [0.717, 1.165) is 186 Å². The molecule has 0 radical (unpaired) electrons. The van der Waals surface area contributed by atoms with Crippen molar-refractivity contribution in [2.75, 3.05) is 123 Å². The highest BCUT2D eigenvalue weighted by atomic mass is 33.1. The number of esters is 5. The minimum Gasteiger partial charge on any atom is -0.465 e. The monoisotopic (exact) mass is 1360 g/mol. The quantitative estimate of drug-likeness (QED) is 0.0192. The van der Waals surface area contributed by atoms with Crippen molar-refractivity contribution in [1.82, 2.24) is 19.6 Å². The summed E-state index contributed by atoms with van der Waals surface area (Å²) >= 11 is 0. The van der Waals surface area contributed by atoms with Crippen molar-refractivity contribution in [3.63, 3.8) is 0 Å². The first-order valence-electron chi connectivity index (χ1n) is 37.6. The Bertz CT molecular complexity index is 1700. The fourth-order valence-electron chi connectivity index (χ4n) is 11.6. The summed E-state index contributed by atoms with van der Waals surface area (Å²) < 4.78 is 27.6. The summed E-state index contributed by atoms with van der Waals surface area (Å²) in [6, 6.07) is 0. The van der Waals surface area contributed by atoms with Gasteiger partial charge in [-0.2, -0.15) is 0 Å². The van der Waals surface area contributed by atoms with Crippen LogP contribution in [0.25, 0.3) is 0 Å². The molecule has 0 spiro atoms. The number of ether oxygens (including phenoxy) is 5. The lowest BCUT2D eigenvalue weighted by Crippen LogP contribution is -2.47. The smallest absolute Gasteiger partial charge is 0.305 e. The van der Waals surface area contributed by atoms with Gasteiger partial charge in [-0.1, -0.05) is 180 Å². The van der Waals surface area contributed by atoms with Crippen LogP contribution in [-0.2, 0) is 47.7 Å². The van der Waals surface area contributed by atoms with Gasteiger partial charge in [0.15, 0.2) is 0 Å². The van der Waals surface area contributed by atoms with Crippen molar-refractivity contribution in [1.29, 1.82) is 0 Å². The third-order valence-electron chi connectivity index (χ3n) is 18.9. The lowest BCUT2D eigenvalue weighted by atomic mass is 10.0. The summed E-state index contributed by atoms with van der Waals surface area (Å²) in [5.74, 6) is 2.93. The third kappa shape index (κ3) is 51.6. The van der Waals surface area contributed by atoms with E-state index in [0.29, 0.717) is 173 Å². The molecule has 4 atom stereocenters. The molecule has 0 bridgehead atoms. The number of hydrogen-bond donors (Lipinski definition) is 4. The van der Waals surface area contributed by atoms with Crippen LogP contribution in [0.15, 0.2) is 0 Å². The van der Waals surface area contributed by atoms with Crippen LogP contribution in [0.3, 0.4) is 0 Å². The van der Waals surface area contributed by atoms with E-state index in [9.17, 15) is 44.4 Å². The van der Waals surface area contributed by atoms with Crippen LogP contribution in [0.4, 0.5) is 0 Å². The Kier molecular flexibility index (Phi) is 58.1. The topological polar surface area (TPSA) is 225 Å². The highest BCUT2D eigenvalue weighted by molar-refractivity contribution is 8.76. The average Bonchev–Trinajstić information content (AvgIpc) is 3.63. The number of carbonyl (C=O) groups excluding carboxylic acids is 5. The molecular formula is C73H140N4O14S2. The van der Waals surface area contributed by atoms with Crippen molar-refractivity contribution in [3.8, 4) is 0 Å². The van der Waals surface area contributed by atoms with Crippen molar-refractivity contribution in [2.24, 2.45) is 23.7 Å². The number of aliphatic hydroxyl groups excluding tert-OH is 4. The molecule has 1 fully saturated rings. The normalized spacial score (nSPS) is 14.6. The maximum atomic E-state index is 12.9. The lowest BCUT2D eigenvalue weighted by Gasteiger charge is -2.34. The van der Waals surface area contributed by atoms with E-state index in [2.05, 4.69) is 75.0 Å². The van der Waals surface area contributed by atoms with Crippen LogP contribution in [-0.4, -0.2) is 217 Å². The Labute approximate surface area is 574 Å². The molecule has 1 heterocycles. The van der Waals surface area contributed by atoms with Crippen LogP contribution in [0, 0.1) is 23.7 Å². The van der Waals surface area contributed by atoms with Crippen molar-refractivity contribution in [2.45, 2.75) is 292 Å². The number of piperazine rings is 1. The second kappa shape index (κ2) is 60.9. The van der Waals surface area contributed by atoms with Crippen molar-refractivity contribution < 1.29 is 68.1 Å². The molecular weight excluding hydrogens is 1220 g/mol. The zero-order chi connectivity index (χ0) is 68.5. The van der Waals surface area contributed by atoms with E-state index >= 15 is 0 Å². The highest BCUT2D eigenvalue weighted by Gasteiger charge is 2.21. The number of rotatable bonds is 65. The molecule has 0 aromatic carbocycles. The Balaban J connectivity index is 2.47. The van der Waals surface area contributed by atoms with Crippen molar-refractivity contribution in [3.05, 3.63) is 0 Å². The molecule has 0 saturated carbocycles. The molecule has 0 aromatic heterocycles. The Hall–Kier alpha value is -2.27. The molecule has 1 aliphatic rings. The summed E-state index contributed by atoms with van der Waals surface area (Å²) in [5.41, 5.74) is 0. The van der Waals surface area contributed by atoms with Crippen molar-refractivity contribution >= 4 is 51.4 Å². The molecule has 0 aromatic rings. The van der Waals surface area contributed by atoms with Crippen LogP contribution in [0.1, 0.15) is 267 Å². The fourth-order valence-corrected chi connectivity index (χ4v) is 13.8. The highest BCUT2D eigenvalue weighted by Crippen LogP contribution is 2.24. The molecule has 93 heavy (non-hydrogen) atoms. The molecule has 1 saturated heterocycles. The van der Waals surface area contributed by atoms with Gasteiger partial charge in [0.1, 0.15) is 6.61 Å². The van der Waals surface area contributed by atoms with Gasteiger partial charge in [-0.15, -0.1) is 0 Å².